The highest BCUT2D eigenvalue weighted by Gasteiger charge is 2.22. The first-order valence-corrected chi connectivity index (χ1v) is 8.25. The van der Waals surface area contributed by atoms with E-state index in [0.717, 1.165) is 0 Å². The number of nitrogens with one attached hydrogen (secondary N) is 1. The molecule has 1 aliphatic heterocycles. The smallest absolute Gasteiger partial charge is 0.273 e. The zero-order chi connectivity index (χ0) is 19.2. The molecule has 140 valence electrons. The molecular formula is C19H19N3O5. The average Bonchev–Trinajstić information content (AvgIpc) is 3.33. The molecule has 0 radical (unpaired) electrons. The number of oxazole rings is 1. The molecule has 0 bridgehead atoms. The van der Waals surface area contributed by atoms with Crippen LogP contribution >= 0.6 is 0 Å². The standard InChI is InChI=1S/C19H19N3O5/c1-3-7-20-18(23)14-11-25-17(21-14)10-22(8-4-2)19(24)13-5-6-15-16(9-13)27-12-26-15/h3-6,9,11H,1-2,7-8,10,12H2,(H,20,23). The van der Waals surface area contributed by atoms with Crippen molar-refractivity contribution in [3.8, 4) is 11.5 Å². The van der Waals surface area contributed by atoms with Gasteiger partial charge in [-0.3, -0.25) is 9.59 Å². The molecule has 0 saturated carbocycles. The van der Waals surface area contributed by atoms with Crippen LogP contribution in [0.1, 0.15) is 26.7 Å². The van der Waals surface area contributed by atoms with Crippen molar-refractivity contribution < 1.29 is 23.5 Å². The lowest BCUT2D eigenvalue weighted by Crippen LogP contribution is -2.31. The molecule has 1 aliphatic rings. The largest absolute Gasteiger partial charge is 0.454 e. The monoisotopic (exact) mass is 369 g/mol. The van der Waals surface area contributed by atoms with Gasteiger partial charge in [0.25, 0.3) is 11.8 Å². The fourth-order valence-corrected chi connectivity index (χ4v) is 2.49. The van der Waals surface area contributed by atoms with Gasteiger partial charge in [0.15, 0.2) is 17.2 Å². The number of rotatable bonds is 8. The van der Waals surface area contributed by atoms with Crippen LogP contribution in [0.4, 0.5) is 0 Å². The van der Waals surface area contributed by atoms with E-state index in [1.165, 1.54) is 11.2 Å². The number of carbonyl (C=O) groups excluding carboxylic acids is 2. The lowest BCUT2D eigenvalue weighted by atomic mass is 10.1. The number of hydrogen-bond acceptors (Lipinski definition) is 6. The second-order valence-electron chi connectivity index (χ2n) is 5.67. The van der Waals surface area contributed by atoms with Gasteiger partial charge in [-0.25, -0.2) is 4.98 Å². The third-order valence-electron chi connectivity index (χ3n) is 3.77. The number of nitrogens with zero attached hydrogens (tertiary/aromatic N) is 2. The Balaban J connectivity index is 1.73. The maximum Gasteiger partial charge on any atom is 0.273 e. The van der Waals surface area contributed by atoms with Crippen LogP contribution in [0.25, 0.3) is 0 Å². The van der Waals surface area contributed by atoms with Gasteiger partial charge in [0.1, 0.15) is 6.26 Å². The summed E-state index contributed by atoms with van der Waals surface area (Å²) in [4.78, 5) is 30.4. The predicted molar refractivity (Wildman–Crippen MR) is 96.5 cm³/mol. The minimum atomic E-state index is -0.373. The zero-order valence-electron chi connectivity index (χ0n) is 14.6. The number of hydrogen-bond donors (Lipinski definition) is 1. The summed E-state index contributed by atoms with van der Waals surface area (Å²) in [7, 11) is 0. The van der Waals surface area contributed by atoms with E-state index >= 15 is 0 Å². The van der Waals surface area contributed by atoms with Gasteiger partial charge in [0.2, 0.25) is 12.7 Å². The number of amides is 2. The van der Waals surface area contributed by atoms with Gasteiger partial charge < -0.3 is 24.1 Å². The first kappa shape index (κ1) is 18.2. The van der Waals surface area contributed by atoms with Crippen molar-refractivity contribution in [1.29, 1.82) is 0 Å². The van der Waals surface area contributed by atoms with Gasteiger partial charge in [-0.2, -0.15) is 0 Å². The summed E-state index contributed by atoms with van der Waals surface area (Å²) in [6.07, 6.45) is 4.42. The molecule has 0 saturated heterocycles. The maximum absolute atomic E-state index is 12.8. The average molecular weight is 369 g/mol. The molecule has 1 aromatic carbocycles. The number of carbonyl (C=O) groups is 2. The van der Waals surface area contributed by atoms with E-state index in [-0.39, 0.29) is 43.3 Å². The van der Waals surface area contributed by atoms with Crippen molar-refractivity contribution in [1.82, 2.24) is 15.2 Å². The summed E-state index contributed by atoms with van der Waals surface area (Å²) in [5.74, 6) is 0.752. The van der Waals surface area contributed by atoms with E-state index in [4.69, 9.17) is 13.9 Å². The molecule has 8 nitrogen and oxygen atoms in total. The molecule has 27 heavy (non-hydrogen) atoms. The van der Waals surface area contributed by atoms with Crippen LogP contribution < -0.4 is 14.8 Å². The van der Waals surface area contributed by atoms with E-state index in [9.17, 15) is 9.59 Å². The first-order valence-electron chi connectivity index (χ1n) is 8.25. The topological polar surface area (TPSA) is 93.9 Å². The van der Waals surface area contributed by atoms with E-state index < -0.39 is 0 Å². The third-order valence-corrected chi connectivity index (χ3v) is 3.77. The zero-order valence-corrected chi connectivity index (χ0v) is 14.6. The molecule has 0 spiro atoms. The van der Waals surface area contributed by atoms with Crippen molar-refractivity contribution in [3.05, 3.63) is 66.9 Å². The first-order chi connectivity index (χ1) is 13.1. The second-order valence-corrected chi connectivity index (χ2v) is 5.67. The summed E-state index contributed by atoms with van der Waals surface area (Å²) >= 11 is 0. The van der Waals surface area contributed by atoms with Crippen molar-refractivity contribution in [2.45, 2.75) is 6.54 Å². The van der Waals surface area contributed by atoms with Gasteiger partial charge in [0.05, 0.1) is 6.54 Å². The summed E-state index contributed by atoms with van der Waals surface area (Å²) < 4.78 is 15.9. The van der Waals surface area contributed by atoms with Crippen LogP contribution in [-0.2, 0) is 6.54 Å². The SMILES string of the molecule is C=CCNC(=O)c1coc(CN(CC=C)C(=O)c2ccc3c(c2)OCO3)n1. The number of benzene rings is 1. The number of ether oxygens (including phenoxy) is 2. The minimum Gasteiger partial charge on any atom is -0.454 e. The highest BCUT2D eigenvalue weighted by Crippen LogP contribution is 2.32. The van der Waals surface area contributed by atoms with E-state index in [0.29, 0.717) is 23.6 Å². The molecule has 2 heterocycles. The Bertz CT molecular complexity index is 874. The summed E-state index contributed by atoms with van der Waals surface area (Å²) in [6.45, 7) is 8.05. The Hall–Kier alpha value is -3.55. The van der Waals surface area contributed by atoms with Crippen molar-refractivity contribution in [2.24, 2.45) is 0 Å². The molecule has 3 rings (SSSR count). The summed E-state index contributed by atoms with van der Waals surface area (Å²) in [5, 5.41) is 2.61. The predicted octanol–water partition coefficient (Wildman–Crippen LogP) is 2.15. The van der Waals surface area contributed by atoms with E-state index in [1.807, 2.05) is 0 Å². The molecule has 2 amide bonds. The fourth-order valence-electron chi connectivity index (χ4n) is 2.49. The Morgan fingerprint density at radius 1 is 1.22 bits per heavy atom. The summed E-state index contributed by atoms with van der Waals surface area (Å²) in [6, 6.07) is 4.98. The highest BCUT2D eigenvalue weighted by atomic mass is 16.7. The van der Waals surface area contributed by atoms with E-state index in [1.54, 1.807) is 30.4 Å². The third kappa shape index (κ3) is 4.17. The van der Waals surface area contributed by atoms with Crippen molar-refractivity contribution in [2.75, 3.05) is 19.9 Å². The van der Waals surface area contributed by atoms with Gasteiger partial charge in [-0.1, -0.05) is 12.2 Å². The van der Waals surface area contributed by atoms with E-state index in [2.05, 4.69) is 23.5 Å². The molecule has 2 aromatic rings. The molecule has 1 aromatic heterocycles. The molecule has 1 N–H and O–H groups in total. The van der Waals surface area contributed by atoms with Crippen molar-refractivity contribution >= 4 is 11.8 Å². The Kier molecular flexibility index (Phi) is 5.55. The van der Waals surface area contributed by atoms with Crippen molar-refractivity contribution in [3.63, 3.8) is 0 Å². The Labute approximate surface area is 156 Å². The van der Waals surface area contributed by atoms with Crippen LogP contribution in [0.2, 0.25) is 0 Å². The summed E-state index contributed by atoms with van der Waals surface area (Å²) in [5.41, 5.74) is 0.581. The van der Waals surface area contributed by atoms with Gasteiger partial charge in [-0.15, -0.1) is 13.2 Å². The van der Waals surface area contributed by atoms with Crippen LogP contribution in [0, 0.1) is 0 Å². The lowest BCUT2D eigenvalue weighted by molar-refractivity contribution is 0.0748. The number of aromatic nitrogens is 1. The lowest BCUT2D eigenvalue weighted by Gasteiger charge is -2.19. The molecular weight excluding hydrogens is 350 g/mol. The highest BCUT2D eigenvalue weighted by molar-refractivity contribution is 5.95. The molecule has 0 aliphatic carbocycles. The minimum absolute atomic E-state index is 0.0913. The second kappa shape index (κ2) is 8.22. The molecule has 8 heteroatoms. The van der Waals surface area contributed by atoms with Crippen LogP contribution in [0.15, 0.2) is 54.2 Å². The Morgan fingerprint density at radius 2 is 2.04 bits per heavy atom. The van der Waals surface area contributed by atoms with Crippen LogP contribution in [0.5, 0.6) is 11.5 Å². The molecule has 0 atom stereocenters. The van der Waals surface area contributed by atoms with Gasteiger partial charge in [-0.05, 0) is 18.2 Å². The normalized spacial score (nSPS) is 11.7. The quantitative estimate of drug-likeness (QED) is 0.717. The molecule has 0 unspecified atom stereocenters. The fraction of sp³-hybridized carbons (Fsp3) is 0.211. The van der Waals surface area contributed by atoms with Gasteiger partial charge in [0, 0.05) is 18.7 Å². The van der Waals surface area contributed by atoms with Crippen LogP contribution in [-0.4, -0.2) is 41.6 Å². The number of fused-ring (bicyclic) bond motifs is 1. The van der Waals surface area contributed by atoms with Gasteiger partial charge >= 0.3 is 0 Å². The Morgan fingerprint density at radius 3 is 2.81 bits per heavy atom. The maximum atomic E-state index is 12.8. The molecule has 0 fully saturated rings. The van der Waals surface area contributed by atoms with Crippen LogP contribution in [0.3, 0.4) is 0 Å².